The molecule has 1 aliphatic rings. The number of Topliss-reactive ketones (excluding diaryl/α,β-unsaturated/α-hetero) is 1. The van der Waals surface area contributed by atoms with Crippen LogP contribution in [0.1, 0.15) is 39.6 Å². The number of hydrogen-bond acceptors (Lipinski definition) is 3. The number of rotatable bonds is 2. The van der Waals surface area contributed by atoms with Gasteiger partial charge in [-0.05, 0) is 48.4 Å². The van der Waals surface area contributed by atoms with E-state index in [1.165, 1.54) is 10.4 Å². The van der Waals surface area contributed by atoms with Crippen LogP contribution >= 0.6 is 11.3 Å². The first-order valence-electron chi connectivity index (χ1n) is 7.29. The van der Waals surface area contributed by atoms with Crippen molar-refractivity contribution in [1.29, 1.82) is 0 Å². The van der Waals surface area contributed by atoms with Gasteiger partial charge in [0, 0.05) is 27.9 Å². The Labute approximate surface area is 127 Å². The maximum atomic E-state index is 13.0. The van der Waals surface area contributed by atoms with Crippen molar-refractivity contribution in [3.63, 3.8) is 0 Å². The van der Waals surface area contributed by atoms with Gasteiger partial charge < -0.3 is 0 Å². The number of ketones is 1. The van der Waals surface area contributed by atoms with E-state index >= 15 is 0 Å². The fraction of sp³-hybridized carbons (Fsp3) is 0.222. The van der Waals surface area contributed by atoms with Crippen molar-refractivity contribution in [2.24, 2.45) is 0 Å². The van der Waals surface area contributed by atoms with Crippen molar-refractivity contribution in [3.05, 3.63) is 64.0 Å². The summed E-state index contributed by atoms with van der Waals surface area (Å²) in [6, 6.07) is 11.9. The molecule has 104 valence electrons. The minimum atomic E-state index is 0.00704. The highest BCUT2D eigenvalue weighted by Crippen LogP contribution is 2.37. The van der Waals surface area contributed by atoms with E-state index in [2.05, 4.69) is 16.4 Å². The zero-order chi connectivity index (χ0) is 14.2. The molecule has 1 atom stereocenters. The van der Waals surface area contributed by atoms with E-state index in [1.54, 1.807) is 17.5 Å². The Morgan fingerprint density at radius 2 is 2.10 bits per heavy atom. The molecule has 0 spiro atoms. The third-order valence-corrected chi connectivity index (χ3v) is 5.26. The lowest BCUT2D eigenvalue weighted by atomic mass is 9.82. The van der Waals surface area contributed by atoms with Gasteiger partial charge in [-0.2, -0.15) is 0 Å². The van der Waals surface area contributed by atoms with Crippen LogP contribution in [0.3, 0.4) is 0 Å². The summed E-state index contributed by atoms with van der Waals surface area (Å²) in [7, 11) is 0. The van der Waals surface area contributed by atoms with E-state index in [1.807, 2.05) is 30.3 Å². The average Bonchev–Trinajstić information content (AvgIpc) is 3.02. The molecule has 1 aromatic carbocycles. The molecule has 0 fully saturated rings. The molecule has 0 N–H and O–H groups in total. The maximum absolute atomic E-state index is 13.0. The molecule has 21 heavy (non-hydrogen) atoms. The lowest BCUT2D eigenvalue weighted by Crippen LogP contribution is -2.17. The number of aromatic nitrogens is 1. The molecule has 0 bridgehead atoms. The van der Waals surface area contributed by atoms with Crippen LogP contribution in [0, 0.1) is 0 Å². The average molecular weight is 293 g/mol. The molecule has 2 nitrogen and oxygen atoms in total. The van der Waals surface area contributed by atoms with E-state index in [-0.39, 0.29) is 11.7 Å². The highest BCUT2D eigenvalue weighted by atomic mass is 32.1. The predicted octanol–water partition coefficient (Wildman–Crippen LogP) is 4.60. The van der Waals surface area contributed by atoms with Gasteiger partial charge in [-0.25, -0.2) is 0 Å². The van der Waals surface area contributed by atoms with Gasteiger partial charge in [0.05, 0.1) is 5.52 Å². The van der Waals surface area contributed by atoms with Gasteiger partial charge in [0.15, 0.2) is 5.78 Å². The fourth-order valence-electron chi connectivity index (χ4n) is 3.25. The van der Waals surface area contributed by atoms with E-state index in [0.29, 0.717) is 0 Å². The van der Waals surface area contributed by atoms with Gasteiger partial charge in [0.25, 0.3) is 0 Å². The summed E-state index contributed by atoms with van der Waals surface area (Å²) in [5.41, 5.74) is 2.83. The van der Waals surface area contributed by atoms with Crippen LogP contribution in [0.4, 0.5) is 0 Å². The molecule has 1 aliphatic carbocycles. The second-order valence-electron chi connectivity index (χ2n) is 5.49. The van der Waals surface area contributed by atoms with E-state index in [0.717, 1.165) is 35.7 Å². The molecule has 3 heteroatoms. The molecular weight excluding hydrogens is 278 g/mol. The Bertz CT molecular complexity index is 815. The van der Waals surface area contributed by atoms with Gasteiger partial charge in [-0.3, -0.25) is 9.78 Å². The lowest BCUT2D eigenvalue weighted by Gasteiger charge is -2.21. The number of carbonyl (C=O) groups is 1. The minimum Gasteiger partial charge on any atom is -0.293 e. The molecule has 4 rings (SSSR count). The van der Waals surface area contributed by atoms with Crippen LogP contribution in [-0.4, -0.2) is 10.8 Å². The smallest absolute Gasteiger partial charge is 0.172 e. The minimum absolute atomic E-state index is 0.00704. The summed E-state index contributed by atoms with van der Waals surface area (Å²) < 4.78 is 0. The Kier molecular flexibility index (Phi) is 3.08. The second-order valence-corrected chi connectivity index (χ2v) is 6.49. The molecule has 0 radical (unpaired) electrons. The number of hydrogen-bond donors (Lipinski definition) is 0. The number of carbonyl (C=O) groups excluding carboxylic acids is 1. The van der Waals surface area contributed by atoms with Crippen molar-refractivity contribution in [2.75, 3.05) is 0 Å². The Morgan fingerprint density at radius 3 is 3.05 bits per heavy atom. The molecule has 0 saturated heterocycles. The Hall–Kier alpha value is -2.00. The summed E-state index contributed by atoms with van der Waals surface area (Å²) in [5, 5.41) is 3.14. The van der Waals surface area contributed by atoms with Gasteiger partial charge in [0.2, 0.25) is 0 Å². The van der Waals surface area contributed by atoms with Crippen LogP contribution in [0.5, 0.6) is 0 Å². The molecular formula is C18H15NOS. The number of nitrogens with zero attached hydrogens (tertiary/aromatic N) is 1. The largest absolute Gasteiger partial charge is 0.293 e. The van der Waals surface area contributed by atoms with Gasteiger partial charge in [-0.15, -0.1) is 11.3 Å². The standard InChI is InChI=1S/C18H15NOS/c20-18(14-6-2-8-16-13(14)9-11-21-16)15-7-1-4-12-5-3-10-19-17(12)15/h1,3-5,7,9-11,14H,2,6,8H2. The van der Waals surface area contributed by atoms with E-state index in [4.69, 9.17) is 0 Å². The molecule has 3 aromatic rings. The summed E-state index contributed by atoms with van der Waals surface area (Å²) in [6.07, 6.45) is 4.93. The van der Waals surface area contributed by atoms with Crippen LogP contribution < -0.4 is 0 Å². The first kappa shape index (κ1) is 12.7. The lowest BCUT2D eigenvalue weighted by molar-refractivity contribution is 0.0953. The topological polar surface area (TPSA) is 30.0 Å². The van der Waals surface area contributed by atoms with E-state index < -0.39 is 0 Å². The molecule has 0 amide bonds. The van der Waals surface area contributed by atoms with Gasteiger partial charge in [-0.1, -0.05) is 18.2 Å². The summed E-state index contributed by atoms with van der Waals surface area (Å²) in [4.78, 5) is 18.8. The van der Waals surface area contributed by atoms with Crippen LogP contribution in [0.25, 0.3) is 10.9 Å². The molecule has 1 unspecified atom stereocenters. The second kappa shape index (κ2) is 5.08. The third-order valence-electron chi connectivity index (χ3n) is 4.27. The normalized spacial score (nSPS) is 17.6. The van der Waals surface area contributed by atoms with Gasteiger partial charge >= 0.3 is 0 Å². The van der Waals surface area contributed by atoms with E-state index in [9.17, 15) is 4.79 Å². The van der Waals surface area contributed by atoms with Crippen LogP contribution in [-0.2, 0) is 6.42 Å². The predicted molar refractivity (Wildman–Crippen MR) is 86.1 cm³/mol. The summed E-state index contributed by atoms with van der Waals surface area (Å²) >= 11 is 1.78. The number of aryl methyl sites for hydroxylation is 1. The van der Waals surface area contributed by atoms with Crippen LogP contribution in [0.2, 0.25) is 0 Å². The SMILES string of the molecule is O=C(c1cccc2cccnc12)C1CCCc2sccc21. The zero-order valence-corrected chi connectivity index (χ0v) is 12.4. The first-order valence-corrected chi connectivity index (χ1v) is 8.17. The number of fused-ring (bicyclic) bond motifs is 2. The van der Waals surface area contributed by atoms with Crippen LogP contribution in [0.15, 0.2) is 48.0 Å². The quantitative estimate of drug-likeness (QED) is 0.646. The van der Waals surface area contributed by atoms with Crippen molar-refractivity contribution in [3.8, 4) is 0 Å². The highest BCUT2D eigenvalue weighted by molar-refractivity contribution is 7.10. The monoisotopic (exact) mass is 293 g/mol. The van der Waals surface area contributed by atoms with Crippen molar-refractivity contribution in [2.45, 2.75) is 25.2 Å². The molecule has 0 saturated carbocycles. The van der Waals surface area contributed by atoms with Gasteiger partial charge in [0.1, 0.15) is 0 Å². The number of para-hydroxylation sites is 1. The molecule has 2 aromatic heterocycles. The summed E-state index contributed by atoms with van der Waals surface area (Å²) in [5.74, 6) is 0.228. The fourth-order valence-corrected chi connectivity index (χ4v) is 4.24. The number of pyridine rings is 1. The van der Waals surface area contributed by atoms with Crippen molar-refractivity contribution in [1.82, 2.24) is 4.98 Å². The molecule has 0 aliphatic heterocycles. The Morgan fingerprint density at radius 1 is 1.19 bits per heavy atom. The molecule has 2 heterocycles. The summed E-state index contributed by atoms with van der Waals surface area (Å²) in [6.45, 7) is 0. The maximum Gasteiger partial charge on any atom is 0.172 e. The Balaban J connectivity index is 1.82. The van der Waals surface area contributed by atoms with Crippen molar-refractivity contribution >= 4 is 28.0 Å². The zero-order valence-electron chi connectivity index (χ0n) is 11.6. The number of benzene rings is 1. The third kappa shape index (κ3) is 2.09. The first-order chi connectivity index (χ1) is 10.3. The highest BCUT2D eigenvalue weighted by Gasteiger charge is 2.29. The number of thiophene rings is 1. The van der Waals surface area contributed by atoms with Crippen molar-refractivity contribution < 1.29 is 4.79 Å².